The molecule has 0 unspecified atom stereocenters. The van der Waals surface area contributed by atoms with Gasteiger partial charge in [-0.25, -0.2) is 0 Å². The van der Waals surface area contributed by atoms with Gasteiger partial charge in [-0.2, -0.15) is 10.0 Å². The van der Waals surface area contributed by atoms with Gasteiger partial charge in [0.05, 0.1) is 12.7 Å². The smallest absolute Gasteiger partial charge is 0.283 e. The number of carbonyl (C=O) groups excluding carboxylic acids is 1. The summed E-state index contributed by atoms with van der Waals surface area (Å²) in [6.45, 7) is 4.35. The molecule has 0 bridgehead atoms. The fraction of sp³-hybridized carbons (Fsp3) is 0.308. The van der Waals surface area contributed by atoms with Crippen molar-refractivity contribution < 1.29 is 14.3 Å². The molecule has 0 radical (unpaired) electrons. The number of amidine groups is 3. The van der Waals surface area contributed by atoms with Crippen LogP contribution < -0.4 is 9.47 Å². The first-order chi connectivity index (χ1) is 17.0. The molecule has 3 aliphatic rings. The third-order valence-electron chi connectivity index (χ3n) is 6.08. The molecule has 2 aromatic carbocycles. The predicted molar refractivity (Wildman–Crippen MR) is 139 cm³/mol. The lowest BCUT2D eigenvalue weighted by atomic mass is 10.1. The second kappa shape index (κ2) is 9.95. The van der Waals surface area contributed by atoms with E-state index in [1.54, 1.807) is 19.3 Å². The summed E-state index contributed by atoms with van der Waals surface area (Å²) in [5, 5.41) is 15.9. The molecule has 2 aromatic rings. The summed E-state index contributed by atoms with van der Waals surface area (Å²) in [4.78, 5) is 19.2. The molecule has 1 fully saturated rings. The molecule has 8 nitrogen and oxygen atoms in total. The van der Waals surface area contributed by atoms with Crippen LogP contribution in [-0.2, 0) is 11.4 Å². The number of aryl methyl sites for hydroxylation is 1. The van der Waals surface area contributed by atoms with Crippen molar-refractivity contribution in [2.75, 3.05) is 20.2 Å². The van der Waals surface area contributed by atoms with Gasteiger partial charge in [0.25, 0.3) is 5.91 Å². The van der Waals surface area contributed by atoms with Crippen molar-refractivity contribution in [2.24, 2.45) is 10.1 Å². The highest BCUT2D eigenvalue weighted by atomic mass is 32.2. The van der Waals surface area contributed by atoms with Crippen LogP contribution in [0.25, 0.3) is 6.08 Å². The van der Waals surface area contributed by atoms with Crippen LogP contribution in [0.2, 0.25) is 0 Å². The Morgan fingerprint density at radius 3 is 2.57 bits per heavy atom. The number of carbonyl (C=O) groups is 1. The molecule has 0 atom stereocenters. The molecule has 35 heavy (non-hydrogen) atoms. The Morgan fingerprint density at radius 2 is 1.83 bits per heavy atom. The van der Waals surface area contributed by atoms with Crippen LogP contribution in [0.1, 0.15) is 36.0 Å². The van der Waals surface area contributed by atoms with Crippen LogP contribution in [0.4, 0.5) is 0 Å². The number of thioether (sulfide) groups is 1. The van der Waals surface area contributed by atoms with Gasteiger partial charge in [-0.3, -0.25) is 10.2 Å². The van der Waals surface area contributed by atoms with Crippen molar-refractivity contribution in [1.82, 2.24) is 9.91 Å². The summed E-state index contributed by atoms with van der Waals surface area (Å²) >= 11 is 1.36. The fourth-order valence-corrected chi connectivity index (χ4v) is 5.04. The molecule has 3 aliphatic heterocycles. The van der Waals surface area contributed by atoms with Gasteiger partial charge in [0, 0.05) is 13.1 Å². The van der Waals surface area contributed by atoms with E-state index in [1.165, 1.54) is 28.8 Å². The summed E-state index contributed by atoms with van der Waals surface area (Å²) < 4.78 is 11.5. The molecule has 1 amide bonds. The highest BCUT2D eigenvalue weighted by molar-refractivity contribution is 8.26. The lowest BCUT2D eigenvalue weighted by Gasteiger charge is -2.26. The number of piperidine rings is 1. The van der Waals surface area contributed by atoms with Crippen molar-refractivity contribution in [3.8, 4) is 11.5 Å². The van der Waals surface area contributed by atoms with Gasteiger partial charge in [-0.15, -0.1) is 5.10 Å². The van der Waals surface area contributed by atoms with Crippen LogP contribution >= 0.6 is 11.8 Å². The molecule has 3 heterocycles. The number of amides is 1. The lowest BCUT2D eigenvalue weighted by Crippen LogP contribution is -2.35. The zero-order valence-electron chi connectivity index (χ0n) is 19.8. The quantitative estimate of drug-likeness (QED) is 0.615. The largest absolute Gasteiger partial charge is 0.493 e. The van der Waals surface area contributed by atoms with Crippen molar-refractivity contribution in [3.05, 3.63) is 64.7 Å². The average Bonchev–Trinajstić information content (AvgIpc) is 3.31. The molecule has 0 aliphatic carbocycles. The topological polar surface area (TPSA) is 90.6 Å². The summed E-state index contributed by atoms with van der Waals surface area (Å²) in [6.07, 6.45) is 5.12. The zero-order valence-corrected chi connectivity index (χ0v) is 20.6. The maximum atomic E-state index is 12.8. The monoisotopic (exact) mass is 489 g/mol. The predicted octanol–water partition coefficient (Wildman–Crippen LogP) is 4.65. The molecule has 5 rings (SSSR count). The molecule has 1 saturated heterocycles. The van der Waals surface area contributed by atoms with E-state index in [4.69, 9.17) is 14.9 Å². The van der Waals surface area contributed by atoms with Crippen molar-refractivity contribution in [2.45, 2.75) is 32.8 Å². The highest BCUT2D eigenvalue weighted by Gasteiger charge is 2.37. The minimum atomic E-state index is -0.442. The number of hydrogen-bond donors (Lipinski definition) is 1. The Labute approximate surface area is 208 Å². The van der Waals surface area contributed by atoms with Crippen LogP contribution in [0.15, 0.2) is 58.1 Å². The number of fused-ring (bicyclic) bond motifs is 1. The minimum Gasteiger partial charge on any atom is -0.493 e. The molecular formula is C26H27N5O3S. The number of nitrogens with zero attached hydrogens (tertiary/aromatic N) is 4. The maximum Gasteiger partial charge on any atom is 0.283 e. The van der Waals surface area contributed by atoms with Crippen LogP contribution in [0.3, 0.4) is 0 Å². The van der Waals surface area contributed by atoms with Crippen LogP contribution in [0.5, 0.6) is 11.5 Å². The number of ether oxygens (including phenoxy) is 2. The molecule has 180 valence electrons. The van der Waals surface area contributed by atoms with Gasteiger partial charge in [0.15, 0.2) is 22.5 Å². The second-order valence-electron chi connectivity index (χ2n) is 8.63. The Bertz CT molecular complexity index is 1250. The molecule has 9 heteroatoms. The van der Waals surface area contributed by atoms with E-state index < -0.39 is 5.91 Å². The van der Waals surface area contributed by atoms with Crippen LogP contribution in [0, 0.1) is 12.3 Å². The fourth-order valence-electron chi connectivity index (χ4n) is 4.10. The Kier molecular flexibility index (Phi) is 6.59. The first-order valence-corrected chi connectivity index (χ1v) is 12.4. The van der Waals surface area contributed by atoms with Gasteiger partial charge in [-0.1, -0.05) is 35.9 Å². The number of methoxy groups -OCH3 is 1. The minimum absolute atomic E-state index is 0.0261. The first kappa shape index (κ1) is 23.2. The number of nitrogens with one attached hydrogen (secondary N) is 1. The Morgan fingerprint density at radius 1 is 1.06 bits per heavy atom. The molecular weight excluding hydrogens is 462 g/mol. The summed E-state index contributed by atoms with van der Waals surface area (Å²) in [5.41, 5.74) is 3.16. The summed E-state index contributed by atoms with van der Waals surface area (Å²) in [6, 6.07) is 13.6. The molecule has 0 aromatic heterocycles. The normalized spacial score (nSPS) is 19.0. The van der Waals surface area contributed by atoms with Gasteiger partial charge in [0.2, 0.25) is 5.17 Å². The summed E-state index contributed by atoms with van der Waals surface area (Å²) in [5.74, 6) is 0.737. The zero-order chi connectivity index (χ0) is 24.4. The number of likely N-dealkylation sites (tertiary alicyclic amines) is 1. The molecule has 1 N–H and O–H groups in total. The van der Waals surface area contributed by atoms with E-state index in [-0.39, 0.29) is 11.4 Å². The Hall–Kier alpha value is -3.59. The third-order valence-corrected chi connectivity index (χ3v) is 7.05. The number of hydrazone groups is 1. The van der Waals surface area contributed by atoms with Gasteiger partial charge in [0.1, 0.15) is 6.61 Å². The standard InChI is InChI=1S/C26H27N5O3S/c1-17-6-8-18(9-7-17)16-34-21-11-10-19(15-22(21)33-2)14-20-23(27)31-25(28-24(20)32)35-26(29-31)30-12-4-3-5-13-30/h6-11,14-15,27H,3-5,12-13,16H2,1-2H3/b20-14-,27-23?. The van der Waals surface area contributed by atoms with Gasteiger partial charge < -0.3 is 14.4 Å². The number of aliphatic imine (C=N–C) groups is 1. The van der Waals surface area contributed by atoms with E-state index in [2.05, 4.69) is 15.0 Å². The number of benzene rings is 2. The molecule has 0 saturated carbocycles. The van der Waals surface area contributed by atoms with E-state index in [0.29, 0.717) is 28.8 Å². The number of hydrogen-bond acceptors (Lipinski definition) is 7. The van der Waals surface area contributed by atoms with E-state index in [0.717, 1.165) is 36.7 Å². The SMILES string of the molecule is COc1cc(/C=C2/C(=N)N3N=C(N4CCCCC4)SC3=NC2=O)ccc1OCc1ccc(C)cc1. The van der Waals surface area contributed by atoms with Gasteiger partial charge in [-0.05, 0) is 67.3 Å². The first-order valence-electron chi connectivity index (χ1n) is 11.6. The lowest BCUT2D eigenvalue weighted by molar-refractivity contribution is -0.114. The summed E-state index contributed by atoms with van der Waals surface area (Å²) in [7, 11) is 1.58. The average molecular weight is 490 g/mol. The molecule has 0 spiro atoms. The van der Waals surface area contributed by atoms with Crippen molar-refractivity contribution in [1.29, 1.82) is 5.41 Å². The Balaban J connectivity index is 1.34. The maximum absolute atomic E-state index is 12.8. The van der Waals surface area contributed by atoms with E-state index >= 15 is 0 Å². The van der Waals surface area contributed by atoms with E-state index in [9.17, 15) is 4.79 Å². The van der Waals surface area contributed by atoms with E-state index in [1.807, 2.05) is 43.3 Å². The van der Waals surface area contributed by atoms with Crippen molar-refractivity contribution >= 4 is 39.9 Å². The third kappa shape index (κ3) is 4.95. The van der Waals surface area contributed by atoms with Crippen molar-refractivity contribution in [3.63, 3.8) is 0 Å². The highest BCUT2D eigenvalue weighted by Crippen LogP contribution is 2.33. The second-order valence-corrected chi connectivity index (χ2v) is 9.57. The number of rotatable bonds is 5. The van der Waals surface area contributed by atoms with Crippen LogP contribution in [-0.4, -0.2) is 52.2 Å². The van der Waals surface area contributed by atoms with Gasteiger partial charge >= 0.3 is 0 Å².